The van der Waals surface area contributed by atoms with Crippen molar-refractivity contribution in [3.05, 3.63) is 23.0 Å². The van der Waals surface area contributed by atoms with Gasteiger partial charge < -0.3 is 15.0 Å². The number of piperidine rings is 1. The molecule has 150 valence electrons. The molecule has 9 heteroatoms. The SMILES string of the molecule is CON(C)C(=O)c1cnc(Cl)cc1NC1CCN(C(=O)OC(C)(C)C)CC1. The average molecular weight is 399 g/mol. The molecule has 0 unspecified atom stereocenters. The number of pyridine rings is 1. The highest BCUT2D eigenvalue weighted by atomic mass is 35.5. The highest BCUT2D eigenvalue weighted by Gasteiger charge is 2.27. The lowest BCUT2D eigenvalue weighted by Gasteiger charge is -2.34. The standard InChI is InChI=1S/C18H27ClN4O4/c1-18(2,3)27-17(25)23-8-6-12(7-9-23)21-14-10-15(19)20-11-13(14)16(24)22(4)26-5/h10-12H,6-9H2,1-5H3,(H,20,21). The van der Waals surface area contributed by atoms with Crippen LogP contribution >= 0.6 is 11.6 Å². The fourth-order valence-corrected chi connectivity index (χ4v) is 2.88. The molecule has 0 radical (unpaired) electrons. The van der Waals surface area contributed by atoms with Crippen molar-refractivity contribution in [2.24, 2.45) is 0 Å². The first-order valence-corrected chi connectivity index (χ1v) is 9.20. The summed E-state index contributed by atoms with van der Waals surface area (Å²) in [5.74, 6) is -0.324. The molecular weight excluding hydrogens is 372 g/mol. The summed E-state index contributed by atoms with van der Waals surface area (Å²) in [5.41, 5.74) is 0.459. The summed E-state index contributed by atoms with van der Waals surface area (Å²) < 4.78 is 5.41. The second-order valence-electron chi connectivity index (χ2n) is 7.42. The summed E-state index contributed by atoms with van der Waals surface area (Å²) >= 11 is 6.00. The number of aromatic nitrogens is 1. The third-order valence-electron chi connectivity index (χ3n) is 4.17. The third kappa shape index (κ3) is 5.97. The van der Waals surface area contributed by atoms with Gasteiger partial charge in [0.05, 0.1) is 18.4 Å². The van der Waals surface area contributed by atoms with Crippen molar-refractivity contribution in [1.29, 1.82) is 0 Å². The van der Waals surface area contributed by atoms with Gasteiger partial charge in [0.1, 0.15) is 10.8 Å². The Labute approximate surface area is 164 Å². The Morgan fingerprint density at radius 2 is 1.96 bits per heavy atom. The highest BCUT2D eigenvalue weighted by Crippen LogP contribution is 2.24. The van der Waals surface area contributed by atoms with E-state index < -0.39 is 5.60 Å². The van der Waals surface area contributed by atoms with Crippen molar-refractivity contribution in [1.82, 2.24) is 14.9 Å². The zero-order chi connectivity index (χ0) is 20.2. The number of nitrogens with one attached hydrogen (secondary N) is 1. The molecular formula is C18H27ClN4O4. The van der Waals surface area contributed by atoms with Crippen molar-refractivity contribution < 1.29 is 19.2 Å². The van der Waals surface area contributed by atoms with E-state index in [2.05, 4.69) is 10.3 Å². The Kier molecular flexibility index (Phi) is 6.89. The van der Waals surface area contributed by atoms with Crippen LogP contribution in [0.1, 0.15) is 44.0 Å². The summed E-state index contributed by atoms with van der Waals surface area (Å²) in [7, 11) is 2.95. The van der Waals surface area contributed by atoms with Gasteiger partial charge in [0.2, 0.25) is 0 Å². The molecule has 1 aliphatic heterocycles. The van der Waals surface area contributed by atoms with Crippen molar-refractivity contribution in [2.75, 3.05) is 32.6 Å². The largest absolute Gasteiger partial charge is 0.444 e. The van der Waals surface area contributed by atoms with Gasteiger partial charge in [0, 0.05) is 32.4 Å². The fraction of sp³-hybridized carbons (Fsp3) is 0.611. The van der Waals surface area contributed by atoms with Gasteiger partial charge in [-0.1, -0.05) is 11.6 Å². The van der Waals surface area contributed by atoms with E-state index in [1.54, 1.807) is 11.0 Å². The summed E-state index contributed by atoms with van der Waals surface area (Å²) in [6.07, 6.45) is 2.59. The van der Waals surface area contributed by atoms with Crippen LogP contribution < -0.4 is 5.32 Å². The number of hydrogen-bond acceptors (Lipinski definition) is 6. The maximum absolute atomic E-state index is 12.4. The van der Waals surface area contributed by atoms with Crippen LogP contribution in [-0.2, 0) is 9.57 Å². The van der Waals surface area contributed by atoms with Crippen molar-refractivity contribution in [3.8, 4) is 0 Å². The monoisotopic (exact) mass is 398 g/mol. The number of carbonyl (C=O) groups excluding carboxylic acids is 2. The van der Waals surface area contributed by atoms with E-state index in [9.17, 15) is 9.59 Å². The average Bonchev–Trinajstić information content (AvgIpc) is 2.59. The summed E-state index contributed by atoms with van der Waals surface area (Å²) in [6, 6.07) is 1.72. The molecule has 1 aromatic heterocycles. The quantitative estimate of drug-likeness (QED) is 0.619. The number of carbonyl (C=O) groups is 2. The Morgan fingerprint density at radius 1 is 1.33 bits per heavy atom. The van der Waals surface area contributed by atoms with E-state index >= 15 is 0 Å². The molecule has 0 aromatic carbocycles. The second-order valence-corrected chi connectivity index (χ2v) is 7.81. The Balaban J connectivity index is 2.02. The summed E-state index contributed by atoms with van der Waals surface area (Å²) in [4.78, 5) is 35.3. The Bertz CT molecular complexity index is 684. The maximum atomic E-state index is 12.4. The molecule has 0 saturated carbocycles. The summed E-state index contributed by atoms with van der Waals surface area (Å²) in [6.45, 7) is 6.70. The molecule has 1 fully saturated rings. The minimum absolute atomic E-state index is 0.0987. The van der Waals surface area contributed by atoms with Crippen molar-refractivity contribution >= 4 is 29.3 Å². The lowest BCUT2D eigenvalue weighted by molar-refractivity contribution is -0.0756. The lowest BCUT2D eigenvalue weighted by atomic mass is 10.0. The zero-order valence-electron chi connectivity index (χ0n) is 16.4. The third-order valence-corrected chi connectivity index (χ3v) is 4.37. The van der Waals surface area contributed by atoms with Crippen molar-refractivity contribution in [2.45, 2.75) is 45.3 Å². The predicted molar refractivity (Wildman–Crippen MR) is 103 cm³/mol. The molecule has 1 aliphatic rings. The Morgan fingerprint density at radius 3 is 2.52 bits per heavy atom. The van der Waals surface area contributed by atoms with Crippen molar-refractivity contribution in [3.63, 3.8) is 0 Å². The number of hydrogen-bond donors (Lipinski definition) is 1. The van der Waals surface area contributed by atoms with Crippen LogP contribution in [0.5, 0.6) is 0 Å². The molecule has 27 heavy (non-hydrogen) atoms. The first-order chi connectivity index (χ1) is 12.6. The fourth-order valence-electron chi connectivity index (χ4n) is 2.73. The number of rotatable bonds is 4. The predicted octanol–water partition coefficient (Wildman–Crippen LogP) is 3.18. The molecule has 0 aliphatic carbocycles. The topological polar surface area (TPSA) is 84.0 Å². The molecule has 8 nitrogen and oxygen atoms in total. The van der Waals surface area contributed by atoms with Gasteiger partial charge in [-0.2, -0.15) is 0 Å². The van der Waals surface area contributed by atoms with Crippen LogP contribution in [0.2, 0.25) is 5.15 Å². The molecule has 2 heterocycles. The van der Waals surface area contributed by atoms with Gasteiger partial charge in [-0.15, -0.1) is 0 Å². The number of halogens is 1. The van der Waals surface area contributed by atoms with Gasteiger partial charge in [0.25, 0.3) is 5.91 Å². The maximum Gasteiger partial charge on any atom is 0.410 e. The van der Waals surface area contributed by atoms with Crippen LogP contribution in [0.3, 0.4) is 0 Å². The van der Waals surface area contributed by atoms with E-state index in [1.165, 1.54) is 20.4 Å². The van der Waals surface area contributed by atoms with E-state index in [1.807, 2.05) is 20.8 Å². The van der Waals surface area contributed by atoms with Crippen LogP contribution in [0, 0.1) is 0 Å². The number of amides is 2. The number of likely N-dealkylation sites (tertiary alicyclic amines) is 1. The first-order valence-electron chi connectivity index (χ1n) is 8.83. The van der Waals surface area contributed by atoms with Crippen LogP contribution in [0.4, 0.5) is 10.5 Å². The minimum atomic E-state index is -0.511. The highest BCUT2D eigenvalue weighted by molar-refractivity contribution is 6.29. The number of anilines is 1. The molecule has 2 rings (SSSR count). The first kappa shape index (κ1) is 21.2. The zero-order valence-corrected chi connectivity index (χ0v) is 17.2. The molecule has 0 spiro atoms. The van der Waals surface area contributed by atoms with Gasteiger partial charge >= 0.3 is 6.09 Å². The van der Waals surface area contributed by atoms with E-state index in [-0.39, 0.29) is 18.0 Å². The van der Waals surface area contributed by atoms with Gasteiger partial charge in [0.15, 0.2) is 0 Å². The molecule has 1 aromatic rings. The van der Waals surface area contributed by atoms with Gasteiger partial charge in [-0.3, -0.25) is 9.63 Å². The van der Waals surface area contributed by atoms with E-state index in [0.29, 0.717) is 29.5 Å². The molecule has 0 atom stereocenters. The Hall–Kier alpha value is -2.06. The minimum Gasteiger partial charge on any atom is -0.444 e. The van der Waals surface area contributed by atoms with Crippen LogP contribution in [0.15, 0.2) is 12.3 Å². The normalized spacial score (nSPS) is 15.4. The van der Waals surface area contributed by atoms with Crippen LogP contribution in [-0.4, -0.2) is 65.8 Å². The molecule has 1 saturated heterocycles. The second kappa shape index (κ2) is 8.75. The number of nitrogens with zero attached hydrogens (tertiary/aromatic N) is 3. The van der Waals surface area contributed by atoms with Gasteiger partial charge in [-0.05, 0) is 39.7 Å². The van der Waals surface area contributed by atoms with E-state index in [0.717, 1.165) is 17.9 Å². The summed E-state index contributed by atoms with van der Waals surface area (Å²) in [5, 5.41) is 4.77. The van der Waals surface area contributed by atoms with Crippen LogP contribution in [0.25, 0.3) is 0 Å². The molecule has 1 N–H and O–H groups in total. The van der Waals surface area contributed by atoms with Gasteiger partial charge in [-0.25, -0.2) is 14.8 Å². The molecule has 2 amide bonds. The smallest absolute Gasteiger partial charge is 0.410 e. The van der Waals surface area contributed by atoms with E-state index in [4.69, 9.17) is 21.2 Å². The number of ether oxygens (including phenoxy) is 1. The number of hydroxylamine groups is 2. The lowest BCUT2D eigenvalue weighted by Crippen LogP contribution is -2.44. The molecule has 0 bridgehead atoms.